The molecule has 0 N–H and O–H groups in total. The van der Waals surface area contributed by atoms with Gasteiger partial charge in [-0.1, -0.05) is 76.6 Å². The lowest BCUT2D eigenvalue weighted by atomic mass is 10.2. The number of rotatable bonds is 4. The van der Waals surface area contributed by atoms with Gasteiger partial charge in [0.15, 0.2) is 5.82 Å². The summed E-state index contributed by atoms with van der Waals surface area (Å²) in [6.45, 7) is 0. The van der Waals surface area contributed by atoms with E-state index in [1.54, 1.807) is 0 Å². The fraction of sp³-hybridized carbons (Fsp3) is 0. The summed E-state index contributed by atoms with van der Waals surface area (Å²) in [6, 6.07) is 30.3. The molecule has 0 atom stereocenters. The Bertz CT molecular complexity index is 1020. The van der Waals surface area contributed by atoms with Crippen molar-refractivity contribution < 1.29 is 0 Å². The molecule has 26 heavy (non-hydrogen) atoms. The van der Waals surface area contributed by atoms with E-state index in [-0.39, 0.29) is 0 Å². The minimum atomic E-state index is 0.790. The summed E-state index contributed by atoms with van der Waals surface area (Å²) in [4.78, 5) is 4.69. The highest BCUT2D eigenvalue weighted by molar-refractivity contribution is 9.10. The van der Waals surface area contributed by atoms with E-state index in [1.165, 1.54) is 0 Å². The van der Waals surface area contributed by atoms with Gasteiger partial charge in [-0.25, -0.2) is 9.67 Å². The van der Waals surface area contributed by atoms with Gasteiger partial charge in [0, 0.05) is 22.3 Å². The standard InChI is InChI=1S/C22H16BrN3/c23-19-13-11-17(12-14-19)16-24-22-15-21(18-7-3-1-4-8-18)25-26(22)20-9-5-2-6-10-20/h1-16H/b24-16+. The summed E-state index contributed by atoms with van der Waals surface area (Å²) in [5.74, 6) is 0.790. The Balaban J connectivity index is 1.76. The summed E-state index contributed by atoms with van der Waals surface area (Å²) in [6.07, 6.45) is 1.86. The maximum atomic E-state index is 4.77. The van der Waals surface area contributed by atoms with Crippen molar-refractivity contribution in [3.8, 4) is 16.9 Å². The summed E-state index contributed by atoms with van der Waals surface area (Å²) >= 11 is 3.45. The van der Waals surface area contributed by atoms with E-state index in [2.05, 4.69) is 33.1 Å². The molecule has 4 rings (SSSR count). The first-order valence-electron chi connectivity index (χ1n) is 8.30. The molecule has 0 bridgehead atoms. The van der Waals surface area contributed by atoms with Crippen molar-refractivity contribution in [3.63, 3.8) is 0 Å². The van der Waals surface area contributed by atoms with E-state index in [4.69, 9.17) is 5.10 Å². The Morgan fingerprint density at radius 3 is 2.15 bits per heavy atom. The second-order valence-electron chi connectivity index (χ2n) is 5.81. The smallest absolute Gasteiger partial charge is 0.156 e. The highest BCUT2D eigenvalue weighted by Crippen LogP contribution is 2.26. The van der Waals surface area contributed by atoms with Crippen molar-refractivity contribution in [2.24, 2.45) is 4.99 Å². The van der Waals surface area contributed by atoms with Crippen LogP contribution in [0, 0.1) is 0 Å². The molecule has 1 aromatic heterocycles. The minimum Gasteiger partial charge on any atom is -0.236 e. The quantitative estimate of drug-likeness (QED) is 0.382. The topological polar surface area (TPSA) is 30.2 Å². The molecule has 3 nitrogen and oxygen atoms in total. The third-order valence-corrected chi connectivity index (χ3v) is 4.51. The fourth-order valence-corrected chi connectivity index (χ4v) is 2.93. The van der Waals surface area contributed by atoms with Gasteiger partial charge >= 0.3 is 0 Å². The monoisotopic (exact) mass is 401 g/mol. The Morgan fingerprint density at radius 1 is 0.808 bits per heavy atom. The molecular weight excluding hydrogens is 386 g/mol. The van der Waals surface area contributed by atoms with Gasteiger partial charge < -0.3 is 0 Å². The van der Waals surface area contributed by atoms with Gasteiger partial charge in [0.05, 0.1) is 11.4 Å². The number of halogens is 1. The van der Waals surface area contributed by atoms with Crippen molar-refractivity contribution in [1.82, 2.24) is 9.78 Å². The van der Waals surface area contributed by atoms with Crippen molar-refractivity contribution in [3.05, 3.63) is 101 Å². The molecule has 0 aliphatic rings. The molecule has 0 radical (unpaired) electrons. The zero-order valence-electron chi connectivity index (χ0n) is 14.0. The highest BCUT2D eigenvalue weighted by Gasteiger charge is 2.10. The van der Waals surface area contributed by atoms with Crippen LogP contribution in [0.3, 0.4) is 0 Å². The molecule has 0 saturated heterocycles. The van der Waals surface area contributed by atoms with Gasteiger partial charge in [-0.2, -0.15) is 5.10 Å². The van der Waals surface area contributed by atoms with Gasteiger partial charge in [0.25, 0.3) is 0 Å². The van der Waals surface area contributed by atoms with Gasteiger partial charge in [-0.3, -0.25) is 0 Å². The molecular formula is C22H16BrN3. The van der Waals surface area contributed by atoms with Crippen molar-refractivity contribution in [2.75, 3.05) is 0 Å². The highest BCUT2D eigenvalue weighted by atomic mass is 79.9. The number of aliphatic imine (C=N–C) groups is 1. The lowest BCUT2D eigenvalue weighted by Crippen LogP contribution is -1.96. The molecule has 1 heterocycles. The fourth-order valence-electron chi connectivity index (χ4n) is 2.66. The number of hydrogen-bond donors (Lipinski definition) is 0. The number of para-hydroxylation sites is 1. The number of benzene rings is 3. The maximum absolute atomic E-state index is 4.77. The van der Waals surface area contributed by atoms with Crippen molar-refractivity contribution in [2.45, 2.75) is 0 Å². The third kappa shape index (κ3) is 3.65. The largest absolute Gasteiger partial charge is 0.236 e. The zero-order valence-corrected chi connectivity index (χ0v) is 15.5. The van der Waals surface area contributed by atoms with Crippen molar-refractivity contribution in [1.29, 1.82) is 0 Å². The van der Waals surface area contributed by atoms with E-state index in [1.807, 2.05) is 89.8 Å². The second kappa shape index (κ2) is 7.50. The SMILES string of the molecule is Brc1ccc(/C=N/c2cc(-c3ccccc3)nn2-c2ccccc2)cc1. The molecule has 0 spiro atoms. The van der Waals surface area contributed by atoms with Crippen LogP contribution in [0.15, 0.2) is 100 Å². The van der Waals surface area contributed by atoms with Crippen molar-refractivity contribution >= 4 is 28.0 Å². The van der Waals surface area contributed by atoms with E-state index in [0.717, 1.165) is 32.8 Å². The Labute approximate surface area is 160 Å². The van der Waals surface area contributed by atoms with E-state index in [0.29, 0.717) is 0 Å². The molecule has 0 aliphatic carbocycles. The lowest BCUT2D eigenvalue weighted by molar-refractivity contribution is 0.885. The lowest BCUT2D eigenvalue weighted by Gasteiger charge is -2.03. The predicted molar refractivity (Wildman–Crippen MR) is 110 cm³/mol. The summed E-state index contributed by atoms with van der Waals surface area (Å²) in [5, 5.41) is 4.77. The summed E-state index contributed by atoms with van der Waals surface area (Å²) in [7, 11) is 0. The Morgan fingerprint density at radius 2 is 1.46 bits per heavy atom. The molecule has 4 heteroatoms. The first-order chi connectivity index (χ1) is 12.8. The molecule has 126 valence electrons. The maximum Gasteiger partial charge on any atom is 0.156 e. The molecule has 4 aromatic rings. The minimum absolute atomic E-state index is 0.790. The second-order valence-corrected chi connectivity index (χ2v) is 6.73. The van der Waals surface area contributed by atoms with Gasteiger partial charge in [-0.15, -0.1) is 0 Å². The Kier molecular flexibility index (Phi) is 4.75. The van der Waals surface area contributed by atoms with Crippen LogP contribution in [0.25, 0.3) is 16.9 Å². The van der Waals surface area contributed by atoms with Crippen LogP contribution >= 0.6 is 15.9 Å². The average Bonchev–Trinajstić information content (AvgIpc) is 3.13. The molecule has 0 aliphatic heterocycles. The summed E-state index contributed by atoms with van der Waals surface area (Å²) in [5.41, 5.74) is 3.99. The van der Waals surface area contributed by atoms with Crippen LogP contribution in [0.1, 0.15) is 5.56 Å². The molecule has 0 unspecified atom stereocenters. The van der Waals surface area contributed by atoms with E-state index in [9.17, 15) is 0 Å². The van der Waals surface area contributed by atoms with Crippen LogP contribution in [0.4, 0.5) is 5.82 Å². The number of aromatic nitrogens is 2. The van der Waals surface area contributed by atoms with Crippen LogP contribution < -0.4 is 0 Å². The molecule has 0 saturated carbocycles. The summed E-state index contributed by atoms with van der Waals surface area (Å²) < 4.78 is 2.92. The van der Waals surface area contributed by atoms with Crippen LogP contribution in [-0.4, -0.2) is 16.0 Å². The van der Waals surface area contributed by atoms with E-state index >= 15 is 0 Å². The first-order valence-corrected chi connectivity index (χ1v) is 9.09. The Hall–Kier alpha value is -2.98. The van der Waals surface area contributed by atoms with Crippen LogP contribution in [-0.2, 0) is 0 Å². The van der Waals surface area contributed by atoms with Crippen LogP contribution in [0.2, 0.25) is 0 Å². The predicted octanol–water partition coefficient (Wildman–Crippen LogP) is 6.05. The molecule has 3 aromatic carbocycles. The van der Waals surface area contributed by atoms with Gasteiger partial charge in [-0.05, 0) is 29.8 Å². The molecule has 0 amide bonds. The normalized spacial score (nSPS) is 11.1. The molecule has 0 fully saturated rings. The van der Waals surface area contributed by atoms with Crippen LogP contribution in [0.5, 0.6) is 0 Å². The third-order valence-electron chi connectivity index (χ3n) is 3.98. The first kappa shape index (κ1) is 16.5. The number of nitrogens with zero attached hydrogens (tertiary/aromatic N) is 3. The average molecular weight is 402 g/mol. The zero-order chi connectivity index (χ0) is 17.8. The van der Waals surface area contributed by atoms with Gasteiger partial charge in [0.2, 0.25) is 0 Å². The van der Waals surface area contributed by atoms with Gasteiger partial charge in [0.1, 0.15) is 0 Å². The number of hydrogen-bond acceptors (Lipinski definition) is 2. The van der Waals surface area contributed by atoms with E-state index < -0.39 is 0 Å².